The number of benzene rings is 1. The Morgan fingerprint density at radius 1 is 1.35 bits per heavy atom. The first-order chi connectivity index (χ1) is 9.54. The molecule has 7 nitrogen and oxygen atoms in total. The minimum absolute atomic E-state index is 0.0138. The monoisotopic (exact) mass is 276 g/mol. The Labute approximate surface area is 114 Å². The number of carbonyl (C=O) groups is 1. The number of aromatic nitrogens is 2. The number of H-pyrrole nitrogens is 2. The van der Waals surface area contributed by atoms with Gasteiger partial charge in [0.15, 0.2) is 0 Å². The van der Waals surface area contributed by atoms with Crippen LogP contribution in [0, 0.1) is 0 Å². The maximum atomic E-state index is 11.8. The van der Waals surface area contributed by atoms with Gasteiger partial charge < -0.3 is 25.3 Å². The Balaban J connectivity index is 1.63. The van der Waals surface area contributed by atoms with Crippen LogP contribution in [0.25, 0.3) is 11.0 Å². The van der Waals surface area contributed by atoms with Crippen molar-refractivity contribution in [2.45, 2.75) is 12.5 Å². The number of imidazole rings is 1. The van der Waals surface area contributed by atoms with Crippen molar-refractivity contribution >= 4 is 22.6 Å². The molecule has 0 radical (unpaired) electrons. The molecule has 0 atom stereocenters. The van der Waals surface area contributed by atoms with Crippen LogP contribution >= 0.6 is 0 Å². The Kier molecular flexibility index (Phi) is 3.07. The van der Waals surface area contributed by atoms with E-state index in [0.29, 0.717) is 16.7 Å². The molecule has 1 saturated heterocycles. The third-order valence-corrected chi connectivity index (χ3v) is 3.35. The third kappa shape index (κ3) is 2.59. The average Bonchev–Trinajstić information content (AvgIpc) is 2.73. The molecular formula is C13H16N4O3. The van der Waals surface area contributed by atoms with Gasteiger partial charge in [0.05, 0.1) is 16.6 Å². The van der Waals surface area contributed by atoms with Gasteiger partial charge in [0, 0.05) is 18.8 Å². The van der Waals surface area contributed by atoms with E-state index in [0.717, 1.165) is 13.1 Å². The molecule has 1 aromatic heterocycles. The minimum atomic E-state index is -0.266. The molecule has 106 valence electrons. The summed E-state index contributed by atoms with van der Waals surface area (Å²) >= 11 is 0. The Morgan fingerprint density at radius 3 is 2.80 bits per heavy atom. The van der Waals surface area contributed by atoms with Gasteiger partial charge in [0.25, 0.3) is 0 Å². The number of amides is 1. The normalized spacial score (nSPS) is 16.9. The molecule has 4 N–H and O–H groups in total. The lowest BCUT2D eigenvalue weighted by molar-refractivity contribution is -0.130. The van der Waals surface area contributed by atoms with Gasteiger partial charge in [-0.3, -0.25) is 4.79 Å². The van der Waals surface area contributed by atoms with Crippen LogP contribution in [0.1, 0.15) is 6.92 Å². The molecule has 1 aliphatic rings. The number of aromatic amines is 2. The molecule has 0 saturated carbocycles. The number of ether oxygens (including phenoxy) is 1. The van der Waals surface area contributed by atoms with E-state index in [4.69, 9.17) is 4.74 Å². The van der Waals surface area contributed by atoms with E-state index >= 15 is 0 Å². The van der Waals surface area contributed by atoms with E-state index in [-0.39, 0.29) is 23.8 Å². The smallest absolute Gasteiger partial charge is 0.323 e. The number of hydrogen-bond donors (Lipinski definition) is 4. The second-order valence-electron chi connectivity index (χ2n) is 5.23. The zero-order valence-corrected chi connectivity index (χ0v) is 11.1. The fourth-order valence-electron chi connectivity index (χ4n) is 2.13. The van der Waals surface area contributed by atoms with Crippen molar-refractivity contribution in [3.63, 3.8) is 0 Å². The van der Waals surface area contributed by atoms with Crippen molar-refractivity contribution in [1.29, 1.82) is 0 Å². The zero-order chi connectivity index (χ0) is 14.2. The molecule has 3 rings (SSSR count). The van der Waals surface area contributed by atoms with Gasteiger partial charge in [-0.05, 0) is 25.1 Å². The quantitative estimate of drug-likeness (QED) is 0.640. The summed E-state index contributed by atoms with van der Waals surface area (Å²) in [4.78, 5) is 28.2. The van der Waals surface area contributed by atoms with Crippen LogP contribution in [0.3, 0.4) is 0 Å². The summed E-state index contributed by atoms with van der Waals surface area (Å²) in [6.07, 6.45) is 0. The van der Waals surface area contributed by atoms with Crippen molar-refractivity contribution in [3.8, 4) is 0 Å². The molecular weight excluding hydrogens is 260 g/mol. The van der Waals surface area contributed by atoms with E-state index < -0.39 is 0 Å². The average molecular weight is 276 g/mol. The first kappa shape index (κ1) is 12.9. The molecule has 1 aliphatic heterocycles. The zero-order valence-electron chi connectivity index (χ0n) is 11.1. The fourth-order valence-corrected chi connectivity index (χ4v) is 2.13. The molecule has 1 amide bonds. The van der Waals surface area contributed by atoms with Gasteiger partial charge in [-0.1, -0.05) is 0 Å². The predicted octanol–water partition coefficient (Wildman–Crippen LogP) is 0.173. The summed E-state index contributed by atoms with van der Waals surface area (Å²) in [6, 6.07) is 5.18. The van der Waals surface area contributed by atoms with Gasteiger partial charge in [-0.25, -0.2) is 4.79 Å². The molecule has 7 heteroatoms. The van der Waals surface area contributed by atoms with Crippen LogP contribution in [0.15, 0.2) is 23.0 Å². The lowest BCUT2D eigenvalue weighted by Crippen LogP contribution is -2.59. The number of carbonyl (C=O) groups excluding carboxylic acids is 1. The van der Waals surface area contributed by atoms with Gasteiger partial charge in [-0.2, -0.15) is 0 Å². The van der Waals surface area contributed by atoms with Crippen LogP contribution in [0.2, 0.25) is 0 Å². The first-order valence-corrected chi connectivity index (χ1v) is 6.41. The maximum Gasteiger partial charge on any atom is 0.323 e. The van der Waals surface area contributed by atoms with Crippen LogP contribution < -0.4 is 16.3 Å². The molecule has 0 spiro atoms. The summed E-state index contributed by atoms with van der Waals surface area (Å²) in [5.74, 6) is -0.213. The van der Waals surface area contributed by atoms with E-state index in [2.05, 4.69) is 20.6 Å². The molecule has 1 fully saturated rings. The third-order valence-electron chi connectivity index (χ3n) is 3.35. The molecule has 1 aromatic carbocycles. The van der Waals surface area contributed by atoms with Gasteiger partial charge >= 0.3 is 5.69 Å². The standard InChI is InChI=1S/C13H16N4O3/c1-13(6-14-7-13)20-5-11(18)15-8-2-3-9-10(4-8)17-12(19)16-9/h2-4,14H,5-7H2,1H3,(H,15,18)(H2,16,17,19). The van der Waals surface area contributed by atoms with E-state index in [1.54, 1.807) is 18.2 Å². The summed E-state index contributed by atoms with van der Waals surface area (Å²) < 4.78 is 5.55. The highest BCUT2D eigenvalue weighted by atomic mass is 16.5. The summed E-state index contributed by atoms with van der Waals surface area (Å²) in [7, 11) is 0. The van der Waals surface area contributed by atoms with Crippen molar-refractivity contribution in [1.82, 2.24) is 15.3 Å². The molecule has 20 heavy (non-hydrogen) atoms. The van der Waals surface area contributed by atoms with Crippen LogP contribution in [0.5, 0.6) is 0 Å². The number of fused-ring (bicyclic) bond motifs is 1. The largest absolute Gasteiger partial charge is 0.363 e. The number of hydrogen-bond acceptors (Lipinski definition) is 4. The second kappa shape index (κ2) is 4.77. The van der Waals surface area contributed by atoms with Gasteiger partial charge in [0.2, 0.25) is 5.91 Å². The highest BCUT2D eigenvalue weighted by Gasteiger charge is 2.32. The van der Waals surface area contributed by atoms with E-state index in [9.17, 15) is 9.59 Å². The van der Waals surface area contributed by atoms with Crippen molar-refractivity contribution in [2.75, 3.05) is 25.0 Å². The SMILES string of the molecule is CC1(OCC(=O)Nc2ccc3[nH]c(=O)[nH]c3c2)CNC1. The summed E-state index contributed by atoms with van der Waals surface area (Å²) in [5, 5.41) is 5.85. The van der Waals surface area contributed by atoms with Crippen molar-refractivity contribution in [2.24, 2.45) is 0 Å². The lowest BCUT2D eigenvalue weighted by Gasteiger charge is -2.38. The number of rotatable bonds is 4. The van der Waals surface area contributed by atoms with Gasteiger partial charge in [-0.15, -0.1) is 0 Å². The molecule has 0 unspecified atom stereocenters. The topological polar surface area (TPSA) is 99.0 Å². The first-order valence-electron chi connectivity index (χ1n) is 6.41. The summed E-state index contributed by atoms with van der Waals surface area (Å²) in [5.41, 5.74) is 1.48. The minimum Gasteiger partial charge on any atom is -0.363 e. The Morgan fingerprint density at radius 2 is 2.10 bits per heavy atom. The van der Waals surface area contributed by atoms with E-state index in [1.807, 2.05) is 6.92 Å². The lowest BCUT2D eigenvalue weighted by atomic mass is 10.0. The Hall–Kier alpha value is -2.12. The number of nitrogens with one attached hydrogen (secondary N) is 4. The highest BCUT2D eigenvalue weighted by molar-refractivity contribution is 5.93. The van der Waals surface area contributed by atoms with Gasteiger partial charge in [0.1, 0.15) is 6.61 Å². The highest BCUT2D eigenvalue weighted by Crippen LogP contribution is 2.16. The van der Waals surface area contributed by atoms with Crippen LogP contribution in [-0.2, 0) is 9.53 Å². The summed E-state index contributed by atoms with van der Waals surface area (Å²) in [6.45, 7) is 3.50. The molecule has 2 heterocycles. The van der Waals surface area contributed by atoms with Crippen molar-refractivity contribution < 1.29 is 9.53 Å². The fraction of sp³-hybridized carbons (Fsp3) is 0.385. The van der Waals surface area contributed by atoms with E-state index in [1.165, 1.54) is 0 Å². The molecule has 0 aliphatic carbocycles. The van der Waals surface area contributed by atoms with Crippen LogP contribution in [0.4, 0.5) is 5.69 Å². The van der Waals surface area contributed by atoms with Crippen LogP contribution in [-0.4, -0.2) is 41.2 Å². The van der Waals surface area contributed by atoms with Crippen molar-refractivity contribution in [3.05, 3.63) is 28.7 Å². The Bertz CT molecular complexity index is 699. The molecule has 0 bridgehead atoms. The maximum absolute atomic E-state index is 11.8. The number of anilines is 1. The molecule has 2 aromatic rings. The second-order valence-corrected chi connectivity index (χ2v) is 5.23. The predicted molar refractivity (Wildman–Crippen MR) is 74.8 cm³/mol.